The van der Waals surface area contributed by atoms with Gasteiger partial charge in [0.05, 0.1) is 19.8 Å². The molecule has 2 aromatic rings. The predicted molar refractivity (Wildman–Crippen MR) is 80.6 cm³/mol. The number of nitrogens with zero attached hydrogens (tertiary/aromatic N) is 1. The number of halogens is 2. The molecule has 0 aliphatic carbocycles. The summed E-state index contributed by atoms with van der Waals surface area (Å²) in [5.74, 6) is -0.455. The number of hydrogen-bond donors (Lipinski definition) is 1. The lowest BCUT2D eigenvalue weighted by molar-refractivity contribution is 0.141. The molecule has 118 valence electrons. The van der Waals surface area contributed by atoms with Crippen molar-refractivity contribution in [2.24, 2.45) is 0 Å². The van der Waals surface area contributed by atoms with Gasteiger partial charge in [0.2, 0.25) is 0 Å². The Labute approximate surface area is 128 Å². The lowest BCUT2D eigenvalue weighted by Crippen LogP contribution is -2.27. The third-order valence-corrected chi connectivity index (χ3v) is 3.64. The summed E-state index contributed by atoms with van der Waals surface area (Å²) in [7, 11) is 3.37. The number of likely N-dealkylation sites (N-methyl/N-ethyl adjacent to an activating group) is 1. The Morgan fingerprint density at radius 3 is 2.36 bits per heavy atom. The van der Waals surface area contributed by atoms with Crippen molar-refractivity contribution in [3.8, 4) is 5.75 Å². The van der Waals surface area contributed by atoms with E-state index >= 15 is 0 Å². The van der Waals surface area contributed by atoms with Crippen LogP contribution in [-0.2, 0) is 6.54 Å². The second kappa shape index (κ2) is 7.33. The molecule has 2 rings (SSSR count). The molecule has 0 fully saturated rings. The van der Waals surface area contributed by atoms with Crippen LogP contribution in [0.1, 0.15) is 17.2 Å². The molecular formula is C17H19F2NO2. The molecule has 0 spiro atoms. The zero-order valence-electron chi connectivity index (χ0n) is 12.6. The smallest absolute Gasteiger partial charge is 0.130 e. The number of methoxy groups -OCH3 is 1. The van der Waals surface area contributed by atoms with Gasteiger partial charge in [0.15, 0.2) is 0 Å². The summed E-state index contributed by atoms with van der Waals surface area (Å²) < 4.78 is 31.8. The van der Waals surface area contributed by atoms with E-state index in [1.807, 2.05) is 29.2 Å². The Hall–Kier alpha value is -1.98. The maximum Gasteiger partial charge on any atom is 0.130 e. The molecule has 0 amide bonds. The van der Waals surface area contributed by atoms with E-state index in [4.69, 9.17) is 4.74 Å². The van der Waals surface area contributed by atoms with Gasteiger partial charge in [0, 0.05) is 18.2 Å². The van der Waals surface area contributed by atoms with Crippen LogP contribution in [0.15, 0.2) is 42.5 Å². The summed E-state index contributed by atoms with van der Waals surface area (Å²) in [6, 6.07) is 10.6. The van der Waals surface area contributed by atoms with Gasteiger partial charge in [-0.3, -0.25) is 4.90 Å². The molecule has 0 aliphatic heterocycles. The van der Waals surface area contributed by atoms with Crippen molar-refractivity contribution in [3.05, 3.63) is 65.2 Å². The topological polar surface area (TPSA) is 32.7 Å². The molecule has 22 heavy (non-hydrogen) atoms. The number of aliphatic hydroxyl groups excluding tert-OH is 1. The van der Waals surface area contributed by atoms with Gasteiger partial charge in [-0.05, 0) is 30.8 Å². The van der Waals surface area contributed by atoms with Crippen LogP contribution in [0, 0.1) is 11.6 Å². The van der Waals surface area contributed by atoms with E-state index in [9.17, 15) is 13.9 Å². The lowest BCUT2D eigenvalue weighted by Gasteiger charge is -2.27. The van der Waals surface area contributed by atoms with Crippen LogP contribution >= 0.6 is 0 Å². The van der Waals surface area contributed by atoms with Gasteiger partial charge in [0.25, 0.3) is 0 Å². The van der Waals surface area contributed by atoms with Crippen LogP contribution in [-0.4, -0.2) is 30.8 Å². The van der Waals surface area contributed by atoms with Crippen LogP contribution < -0.4 is 4.74 Å². The van der Waals surface area contributed by atoms with Gasteiger partial charge in [0.1, 0.15) is 17.4 Å². The molecule has 0 saturated carbocycles. The third kappa shape index (κ3) is 3.81. The first-order valence-corrected chi connectivity index (χ1v) is 6.94. The normalized spacial score (nSPS) is 12.5. The molecule has 5 heteroatoms. The molecule has 1 atom stereocenters. The highest BCUT2D eigenvalue weighted by Gasteiger charge is 2.18. The van der Waals surface area contributed by atoms with Gasteiger partial charge in [-0.1, -0.05) is 18.2 Å². The van der Waals surface area contributed by atoms with E-state index in [-0.39, 0.29) is 19.2 Å². The van der Waals surface area contributed by atoms with Crippen molar-refractivity contribution in [2.75, 3.05) is 20.8 Å². The van der Waals surface area contributed by atoms with E-state index in [0.717, 1.165) is 17.4 Å². The summed E-state index contributed by atoms with van der Waals surface area (Å²) in [6.07, 6.45) is 0. The highest BCUT2D eigenvalue weighted by Crippen LogP contribution is 2.24. The first-order chi connectivity index (χ1) is 10.5. The molecular weight excluding hydrogens is 288 g/mol. The number of benzene rings is 2. The van der Waals surface area contributed by atoms with Crippen molar-refractivity contribution in [1.82, 2.24) is 4.90 Å². The fraction of sp³-hybridized carbons (Fsp3) is 0.294. The predicted octanol–water partition coefficient (Wildman–Crippen LogP) is 3.14. The molecule has 0 bridgehead atoms. The number of rotatable bonds is 6. The average molecular weight is 307 g/mol. The molecule has 1 unspecified atom stereocenters. The van der Waals surface area contributed by atoms with Crippen LogP contribution in [0.4, 0.5) is 8.78 Å². The van der Waals surface area contributed by atoms with E-state index in [0.29, 0.717) is 5.56 Å². The van der Waals surface area contributed by atoms with Gasteiger partial charge >= 0.3 is 0 Å². The second-order valence-electron chi connectivity index (χ2n) is 5.12. The zero-order chi connectivity index (χ0) is 16.1. The fourth-order valence-electron chi connectivity index (χ4n) is 2.35. The van der Waals surface area contributed by atoms with Crippen molar-refractivity contribution in [3.63, 3.8) is 0 Å². The maximum absolute atomic E-state index is 13.7. The summed E-state index contributed by atoms with van der Waals surface area (Å²) in [4.78, 5) is 1.82. The van der Waals surface area contributed by atoms with Gasteiger partial charge in [-0.25, -0.2) is 8.78 Å². The zero-order valence-corrected chi connectivity index (χ0v) is 12.6. The maximum atomic E-state index is 13.7. The van der Waals surface area contributed by atoms with Crippen LogP contribution in [0.25, 0.3) is 0 Å². The van der Waals surface area contributed by atoms with Crippen LogP contribution in [0.2, 0.25) is 0 Å². The quantitative estimate of drug-likeness (QED) is 0.890. The number of aliphatic hydroxyl groups is 1. The van der Waals surface area contributed by atoms with E-state index in [1.54, 1.807) is 14.2 Å². The van der Waals surface area contributed by atoms with Crippen molar-refractivity contribution >= 4 is 0 Å². The fourth-order valence-corrected chi connectivity index (χ4v) is 2.35. The van der Waals surface area contributed by atoms with Crippen molar-refractivity contribution < 1.29 is 18.6 Å². The van der Waals surface area contributed by atoms with E-state index in [2.05, 4.69) is 0 Å². The Kier molecular flexibility index (Phi) is 5.46. The Morgan fingerprint density at radius 1 is 1.14 bits per heavy atom. The molecule has 3 nitrogen and oxygen atoms in total. The number of ether oxygens (including phenoxy) is 1. The van der Waals surface area contributed by atoms with Crippen molar-refractivity contribution in [1.29, 1.82) is 0 Å². The minimum atomic E-state index is -0.599. The second-order valence-corrected chi connectivity index (χ2v) is 5.12. The molecule has 0 aliphatic rings. The summed E-state index contributed by atoms with van der Waals surface area (Å²) in [5, 5.41) is 9.64. The Bertz CT molecular complexity index is 617. The lowest BCUT2D eigenvalue weighted by atomic mass is 10.1. The van der Waals surface area contributed by atoms with E-state index in [1.165, 1.54) is 12.1 Å². The first kappa shape index (κ1) is 16.4. The van der Waals surface area contributed by atoms with Crippen LogP contribution in [0.3, 0.4) is 0 Å². The number of hydrogen-bond acceptors (Lipinski definition) is 3. The minimum Gasteiger partial charge on any atom is -0.497 e. The molecule has 0 saturated heterocycles. The first-order valence-electron chi connectivity index (χ1n) is 6.94. The average Bonchev–Trinajstić information content (AvgIpc) is 2.51. The third-order valence-electron chi connectivity index (χ3n) is 3.64. The minimum absolute atomic E-state index is 0.106. The highest BCUT2D eigenvalue weighted by atomic mass is 19.1. The van der Waals surface area contributed by atoms with Gasteiger partial charge in [-0.15, -0.1) is 0 Å². The standard InChI is InChI=1S/C17H19F2NO2/c1-20(10-13-3-6-14(18)9-16(13)19)17(11-21)12-4-7-15(22-2)8-5-12/h3-9,17,21H,10-11H2,1-2H3. The summed E-state index contributed by atoms with van der Waals surface area (Å²) in [6.45, 7) is 0.162. The molecule has 0 aromatic heterocycles. The van der Waals surface area contributed by atoms with E-state index < -0.39 is 11.6 Å². The Morgan fingerprint density at radius 2 is 1.82 bits per heavy atom. The molecule has 2 aromatic carbocycles. The molecule has 0 heterocycles. The highest BCUT2D eigenvalue weighted by molar-refractivity contribution is 5.29. The molecule has 0 radical (unpaired) electrons. The monoisotopic (exact) mass is 307 g/mol. The summed E-state index contributed by atoms with van der Waals surface area (Å²) in [5.41, 5.74) is 1.28. The summed E-state index contributed by atoms with van der Waals surface area (Å²) >= 11 is 0. The van der Waals surface area contributed by atoms with Crippen molar-refractivity contribution in [2.45, 2.75) is 12.6 Å². The SMILES string of the molecule is COc1ccc(C(CO)N(C)Cc2ccc(F)cc2F)cc1. The van der Waals surface area contributed by atoms with Gasteiger partial charge in [-0.2, -0.15) is 0 Å². The molecule has 1 N–H and O–H groups in total. The van der Waals surface area contributed by atoms with Crippen LogP contribution in [0.5, 0.6) is 5.75 Å². The largest absolute Gasteiger partial charge is 0.497 e. The van der Waals surface area contributed by atoms with Gasteiger partial charge < -0.3 is 9.84 Å². The Balaban J connectivity index is 2.15.